The highest BCUT2D eigenvalue weighted by Gasteiger charge is 2.30. The van der Waals surface area contributed by atoms with E-state index in [1.54, 1.807) is 7.11 Å². The summed E-state index contributed by atoms with van der Waals surface area (Å²) in [6.45, 7) is 4.30. The number of ether oxygens (including phenoxy) is 1. The molecule has 2 aliphatic rings. The first-order chi connectivity index (χ1) is 11.4. The predicted octanol–water partition coefficient (Wildman–Crippen LogP) is 3.69. The van der Waals surface area contributed by atoms with Crippen LogP contribution in [0.3, 0.4) is 0 Å². The second kappa shape index (κ2) is 6.50. The molecule has 1 aliphatic heterocycles. The van der Waals surface area contributed by atoms with Crippen LogP contribution >= 0.6 is 0 Å². The zero-order chi connectivity index (χ0) is 17.3. The van der Waals surface area contributed by atoms with Crippen LogP contribution in [0.5, 0.6) is 5.75 Å². The number of anilines is 1. The Morgan fingerprint density at radius 2 is 2.00 bits per heavy atom. The van der Waals surface area contributed by atoms with E-state index >= 15 is 0 Å². The van der Waals surface area contributed by atoms with Gasteiger partial charge in [0.25, 0.3) is 0 Å². The Morgan fingerprint density at radius 1 is 1.29 bits per heavy atom. The SMILES string of the molecule is COc1cc2c(cc1N)C(=CC(=O)C1CCCCC1)NC(C)(C)C2. The van der Waals surface area contributed by atoms with Gasteiger partial charge >= 0.3 is 0 Å². The van der Waals surface area contributed by atoms with E-state index in [9.17, 15) is 4.79 Å². The Labute approximate surface area is 144 Å². The molecule has 3 rings (SSSR count). The third kappa shape index (κ3) is 3.42. The summed E-state index contributed by atoms with van der Waals surface area (Å²) in [6.07, 6.45) is 8.30. The lowest BCUT2D eigenvalue weighted by atomic mass is 9.83. The summed E-state index contributed by atoms with van der Waals surface area (Å²) < 4.78 is 5.36. The van der Waals surface area contributed by atoms with E-state index in [1.807, 2.05) is 18.2 Å². The number of ketones is 1. The topological polar surface area (TPSA) is 64.3 Å². The van der Waals surface area contributed by atoms with Crippen molar-refractivity contribution < 1.29 is 9.53 Å². The van der Waals surface area contributed by atoms with Crippen molar-refractivity contribution in [2.75, 3.05) is 12.8 Å². The number of allylic oxidation sites excluding steroid dienone is 1. The molecule has 1 heterocycles. The van der Waals surface area contributed by atoms with Gasteiger partial charge in [-0.15, -0.1) is 0 Å². The van der Waals surface area contributed by atoms with Crippen molar-refractivity contribution in [3.8, 4) is 5.75 Å². The minimum Gasteiger partial charge on any atom is -0.495 e. The van der Waals surface area contributed by atoms with Gasteiger partial charge in [0.15, 0.2) is 5.78 Å². The Bertz CT molecular complexity index is 670. The minimum atomic E-state index is -0.104. The van der Waals surface area contributed by atoms with Gasteiger partial charge in [-0.1, -0.05) is 19.3 Å². The van der Waals surface area contributed by atoms with Crippen LogP contribution in [0.25, 0.3) is 5.70 Å². The summed E-state index contributed by atoms with van der Waals surface area (Å²) in [5.74, 6) is 1.12. The van der Waals surface area contributed by atoms with Crippen LogP contribution in [0.1, 0.15) is 57.1 Å². The van der Waals surface area contributed by atoms with Crippen molar-refractivity contribution >= 4 is 17.2 Å². The van der Waals surface area contributed by atoms with Crippen molar-refractivity contribution in [2.24, 2.45) is 5.92 Å². The van der Waals surface area contributed by atoms with Crippen LogP contribution in [-0.2, 0) is 11.2 Å². The first-order valence-corrected chi connectivity index (χ1v) is 8.90. The van der Waals surface area contributed by atoms with Crippen LogP contribution in [0, 0.1) is 5.92 Å². The largest absolute Gasteiger partial charge is 0.495 e. The van der Waals surface area contributed by atoms with Gasteiger partial charge in [0, 0.05) is 28.8 Å². The van der Waals surface area contributed by atoms with Gasteiger partial charge in [0.2, 0.25) is 0 Å². The van der Waals surface area contributed by atoms with E-state index < -0.39 is 0 Å². The average Bonchev–Trinajstić information content (AvgIpc) is 2.55. The monoisotopic (exact) mass is 328 g/mol. The van der Waals surface area contributed by atoms with Gasteiger partial charge in [-0.25, -0.2) is 0 Å². The lowest BCUT2D eigenvalue weighted by Gasteiger charge is -2.36. The summed E-state index contributed by atoms with van der Waals surface area (Å²) in [6, 6.07) is 3.93. The fraction of sp³-hybridized carbons (Fsp3) is 0.550. The quantitative estimate of drug-likeness (QED) is 0.656. The number of fused-ring (bicyclic) bond motifs is 1. The Kier molecular flexibility index (Phi) is 4.57. The summed E-state index contributed by atoms with van der Waals surface area (Å²) in [4.78, 5) is 12.7. The lowest BCUT2D eigenvalue weighted by molar-refractivity contribution is -0.119. The molecule has 3 N–H and O–H groups in total. The Morgan fingerprint density at radius 3 is 2.67 bits per heavy atom. The van der Waals surface area contributed by atoms with Gasteiger partial charge in [-0.2, -0.15) is 0 Å². The van der Waals surface area contributed by atoms with Gasteiger partial charge in [0.1, 0.15) is 5.75 Å². The van der Waals surface area contributed by atoms with Crippen LogP contribution in [0.4, 0.5) is 5.69 Å². The van der Waals surface area contributed by atoms with Gasteiger partial charge < -0.3 is 15.8 Å². The Balaban J connectivity index is 1.97. The minimum absolute atomic E-state index is 0.104. The van der Waals surface area contributed by atoms with E-state index in [0.29, 0.717) is 11.4 Å². The first-order valence-electron chi connectivity index (χ1n) is 8.90. The highest BCUT2D eigenvalue weighted by molar-refractivity contribution is 5.99. The molecule has 0 unspecified atom stereocenters. The molecule has 4 heteroatoms. The summed E-state index contributed by atoms with van der Waals surface area (Å²) in [5, 5.41) is 3.53. The van der Waals surface area contributed by atoms with Crippen molar-refractivity contribution in [1.82, 2.24) is 5.32 Å². The van der Waals surface area contributed by atoms with E-state index in [0.717, 1.165) is 30.5 Å². The van der Waals surface area contributed by atoms with Gasteiger partial charge in [-0.05, 0) is 50.8 Å². The molecule has 0 saturated heterocycles. The zero-order valence-corrected chi connectivity index (χ0v) is 14.9. The molecule has 0 amide bonds. The van der Waals surface area contributed by atoms with Gasteiger partial charge in [0.05, 0.1) is 12.8 Å². The molecule has 0 spiro atoms. The summed E-state index contributed by atoms with van der Waals surface area (Å²) in [7, 11) is 1.63. The van der Waals surface area contributed by atoms with E-state index in [2.05, 4.69) is 19.2 Å². The third-order valence-corrected chi connectivity index (χ3v) is 5.15. The summed E-state index contributed by atoms with van der Waals surface area (Å²) in [5.41, 5.74) is 9.69. The second-order valence-corrected chi connectivity index (χ2v) is 7.73. The molecule has 1 aromatic carbocycles. The molecular formula is C20H28N2O2. The number of nitrogens with two attached hydrogens (primary N) is 1. The van der Waals surface area contributed by atoms with Crippen LogP contribution < -0.4 is 15.8 Å². The van der Waals surface area contributed by atoms with E-state index in [-0.39, 0.29) is 17.2 Å². The molecule has 4 nitrogen and oxygen atoms in total. The normalized spacial score (nSPS) is 21.9. The molecule has 1 saturated carbocycles. The fourth-order valence-corrected chi connectivity index (χ4v) is 3.93. The zero-order valence-electron chi connectivity index (χ0n) is 14.9. The fourth-order valence-electron chi connectivity index (χ4n) is 3.93. The third-order valence-electron chi connectivity index (χ3n) is 5.15. The number of hydrogen-bond acceptors (Lipinski definition) is 4. The number of rotatable bonds is 3. The summed E-state index contributed by atoms with van der Waals surface area (Å²) >= 11 is 0. The maximum atomic E-state index is 12.7. The number of methoxy groups -OCH3 is 1. The van der Waals surface area contributed by atoms with Gasteiger partial charge in [-0.3, -0.25) is 4.79 Å². The van der Waals surface area contributed by atoms with Crippen LogP contribution in [-0.4, -0.2) is 18.4 Å². The number of nitrogens with one attached hydrogen (secondary N) is 1. The molecule has 130 valence electrons. The predicted molar refractivity (Wildman–Crippen MR) is 97.9 cm³/mol. The number of carbonyl (C=O) groups is 1. The molecule has 24 heavy (non-hydrogen) atoms. The molecule has 0 bridgehead atoms. The number of hydrogen-bond donors (Lipinski definition) is 2. The number of benzene rings is 1. The van der Waals surface area contributed by atoms with Crippen molar-refractivity contribution in [3.63, 3.8) is 0 Å². The second-order valence-electron chi connectivity index (χ2n) is 7.73. The van der Waals surface area contributed by atoms with Crippen LogP contribution in [0.2, 0.25) is 0 Å². The molecule has 0 aromatic heterocycles. The molecule has 1 aromatic rings. The molecule has 1 fully saturated rings. The standard InChI is InChI=1S/C20H28N2O2/c1-20(2)12-14-9-19(24-3)16(21)10-15(14)17(22-20)11-18(23)13-7-5-4-6-8-13/h9-11,13,22H,4-8,12,21H2,1-3H3. The van der Waals surface area contributed by atoms with Crippen molar-refractivity contribution in [2.45, 2.75) is 57.9 Å². The van der Waals surface area contributed by atoms with Crippen LogP contribution in [0.15, 0.2) is 18.2 Å². The highest BCUT2D eigenvalue weighted by atomic mass is 16.5. The van der Waals surface area contributed by atoms with E-state index in [1.165, 1.54) is 24.8 Å². The Hall–Kier alpha value is -1.97. The maximum Gasteiger partial charge on any atom is 0.160 e. The van der Waals surface area contributed by atoms with Crippen molar-refractivity contribution in [3.05, 3.63) is 29.3 Å². The first kappa shape index (κ1) is 16.9. The molecule has 0 atom stereocenters. The van der Waals surface area contributed by atoms with E-state index in [4.69, 9.17) is 10.5 Å². The number of nitrogen functional groups attached to an aromatic ring is 1. The molecule has 1 aliphatic carbocycles. The average molecular weight is 328 g/mol. The smallest absolute Gasteiger partial charge is 0.160 e. The number of carbonyl (C=O) groups excluding carboxylic acids is 1. The molecule has 0 radical (unpaired) electrons. The van der Waals surface area contributed by atoms with Crippen molar-refractivity contribution in [1.29, 1.82) is 0 Å². The highest BCUT2D eigenvalue weighted by Crippen LogP contribution is 2.36. The maximum absolute atomic E-state index is 12.7. The lowest BCUT2D eigenvalue weighted by Crippen LogP contribution is -2.44. The molecular weight excluding hydrogens is 300 g/mol.